The van der Waals surface area contributed by atoms with Gasteiger partial charge in [-0.1, -0.05) is 30.3 Å². The number of esters is 1. The summed E-state index contributed by atoms with van der Waals surface area (Å²) in [7, 11) is 1.34. The molecule has 1 aromatic heterocycles. The second kappa shape index (κ2) is 7.95. The van der Waals surface area contributed by atoms with Gasteiger partial charge in [0.1, 0.15) is 6.23 Å². The molecule has 0 saturated carbocycles. The normalized spacial score (nSPS) is 18.3. The third-order valence-electron chi connectivity index (χ3n) is 4.44. The van der Waals surface area contributed by atoms with Gasteiger partial charge < -0.3 is 9.47 Å². The van der Waals surface area contributed by atoms with Gasteiger partial charge in [-0.25, -0.2) is 9.78 Å². The molecule has 0 spiro atoms. The molecule has 2 aromatic rings. The fourth-order valence-corrected chi connectivity index (χ4v) is 3.15. The van der Waals surface area contributed by atoms with Gasteiger partial charge in [-0.3, -0.25) is 4.57 Å². The van der Waals surface area contributed by atoms with Crippen LogP contribution in [0.4, 0.5) is 0 Å². The molecule has 2 unspecified atom stereocenters. The lowest BCUT2D eigenvalue weighted by atomic mass is 9.96. The summed E-state index contributed by atoms with van der Waals surface area (Å²) in [6.07, 6.45) is 4.71. The highest BCUT2D eigenvalue weighted by Gasteiger charge is 2.29. The van der Waals surface area contributed by atoms with E-state index in [2.05, 4.69) is 11.1 Å². The fourth-order valence-electron chi connectivity index (χ4n) is 3.15. The molecule has 1 fully saturated rings. The van der Waals surface area contributed by atoms with Crippen LogP contribution in [0.1, 0.15) is 53.2 Å². The minimum absolute atomic E-state index is 0.236. The molecule has 1 saturated heterocycles. The first kappa shape index (κ1) is 17.2. The van der Waals surface area contributed by atoms with E-state index in [0.29, 0.717) is 24.4 Å². The van der Waals surface area contributed by atoms with Gasteiger partial charge in [-0.05, 0) is 31.2 Å². The zero-order valence-electron chi connectivity index (χ0n) is 14.2. The van der Waals surface area contributed by atoms with Crippen LogP contribution in [-0.2, 0) is 15.9 Å². The van der Waals surface area contributed by atoms with Crippen LogP contribution in [0.15, 0.2) is 36.7 Å². The predicted octanol–water partition coefficient (Wildman–Crippen LogP) is 3.22. The third-order valence-corrected chi connectivity index (χ3v) is 4.44. The summed E-state index contributed by atoms with van der Waals surface area (Å²) in [4.78, 5) is 16.8. The molecule has 0 bridgehead atoms. The average molecular weight is 339 g/mol. The first-order chi connectivity index (χ1) is 12.2. The number of hydrogen-bond donors (Lipinski definition) is 0. The summed E-state index contributed by atoms with van der Waals surface area (Å²) >= 11 is 0. The van der Waals surface area contributed by atoms with Crippen LogP contribution < -0.4 is 0 Å². The Morgan fingerprint density at radius 1 is 1.44 bits per heavy atom. The van der Waals surface area contributed by atoms with Crippen molar-refractivity contribution in [2.45, 2.75) is 37.8 Å². The van der Waals surface area contributed by atoms with Crippen molar-refractivity contribution in [3.8, 4) is 6.07 Å². The van der Waals surface area contributed by atoms with Gasteiger partial charge in [0.25, 0.3) is 0 Å². The summed E-state index contributed by atoms with van der Waals surface area (Å²) in [6.45, 7) is 0.657. The van der Waals surface area contributed by atoms with Gasteiger partial charge in [-0.15, -0.1) is 0 Å². The summed E-state index contributed by atoms with van der Waals surface area (Å²) < 4.78 is 12.4. The number of carbonyl (C=O) groups is 1. The van der Waals surface area contributed by atoms with Crippen molar-refractivity contribution in [1.29, 1.82) is 5.26 Å². The van der Waals surface area contributed by atoms with E-state index in [9.17, 15) is 10.1 Å². The maximum Gasteiger partial charge on any atom is 0.356 e. The van der Waals surface area contributed by atoms with Crippen LogP contribution in [0.5, 0.6) is 0 Å². The zero-order valence-corrected chi connectivity index (χ0v) is 14.2. The molecule has 6 nitrogen and oxygen atoms in total. The van der Waals surface area contributed by atoms with E-state index in [1.165, 1.54) is 7.11 Å². The van der Waals surface area contributed by atoms with Crippen LogP contribution >= 0.6 is 0 Å². The molecule has 130 valence electrons. The van der Waals surface area contributed by atoms with Crippen LogP contribution in [0.25, 0.3) is 0 Å². The van der Waals surface area contributed by atoms with Crippen molar-refractivity contribution >= 4 is 5.97 Å². The molecule has 0 aliphatic carbocycles. The highest BCUT2D eigenvalue weighted by atomic mass is 16.5. The molecule has 1 aliphatic heterocycles. The Hall–Kier alpha value is -2.65. The van der Waals surface area contributed by atoms with Crippen LogP contribution in [0.3, 0.4) is 0 Å². The van der Waals surface area contributed by atoms with Crippen molar-refractivity contribution in [2.24, 2.45) is 0 Å². The Kier molecular flexibility index (Phi) is 5.46. The quantitative estimate of drug-likeness (QED) is 0.782. The maximum atomic E-state index is 12.4. The second-order valence-electron chi connectivity index (χ2n) is 6.07. The number of benzene rings is 1. The van der Waals surface area contributed by atoms with E-state index in [0.717, 1.165) is 24.8 Å². The highest BCUT2D eigenvalue weighted by molar-refractivity contribution is 5.89. The Bertz CT molecular complexity index is 758. The SMILES string of the molecule is COC(=O)c1c(C(C#N)Cc2ccccc2)ncn1C1CCCCO1. The van der Waals surface area contributed by atoms with Gasteiger partial charge in [0.15, 0.2) is 5.69 Å². The largest absolute Gasteiger partial charge is 0.464 e. The molecular weight excluding hydrogens is 318 g/mol. The third kappa shape index (κ3) is 3.72. The number of carbonyl (C=O) groups excluding carboxylic acids is 1. The first-order valence-corrected chi connectivity index (χ1v) is 8.44. The monoisotopic (exact) mass is 339 g/mol. The molecular formula is C19H21N3O3. The minimum Gasteiger partial charge on any atom is -0.464 e. The second-order valence-corrected chi connectivity index (χ2v) is 6.07. The Labute approximate surface area is 147 Å². The number of imidazole rings is 1. The van der Waals surface area contributed by atoms with E-state index in [1.807, 2.05) is 30.3 Å². The van der Waals surface area contributed by atoms with Crippen molar-refractivity contribution in [3.05, 3.63) is 53.6 Å². The van der Waals surface area contributed by atoms with E-state index in [4.69, 9.17) is 9.47 Å². The smallest absolute Gasteiger partial charge is 0.356 e. The molecule has 0 radical (unpaired) electrons. The molecule has 0 amide bonds. The summed E-state index contributed by atoms with van der Waals surface area (Å²) in [5, 5.41) is 9.66. The number of ether oxygens (including phenoxy) is 2. The molecule has 2 heterocycles. The van der Waals surface area contributed by atoms with Crippen molar-refractivity contribution in [1.82, 2.24) is 9.55 Å². The Balaban J connectivity index is 1.95. The van der Waals surface area contributed by atoms with E-state index in [-0.39, 0.29) is 6.23 Å². The minimum atomic E-state index is -0.527. The lowest BCUT2D eigenvalue weighted by molar-refractivity contribution is -0.0340. The van der Waals surface area contributed by atoms with Gasteiger partial charge in [0, 0.05) is 6.61 Å². The number of nitrogens with zero attached hydrogens (tertiary/aromatic N) is 3. The number of nitriles is 1. The lowest BCUT2D eigenvalue weighted by Crippen LogP contribution is -2.23. The van der Waals surface area contributed by atoms with E-state index < -0.39 is 11.9 Å². The van der Waals surface area contributed by atoms with Crippen molar-refractivity contribution < 1.29 is 14.3 Å². The molecule has 1 aliphatic rings. The van der Waals surface area contributed by atoms with Crippen LogP contribution in [0, 0.1) is 11.3 Å². The highest BCUT2D eigenvalue weighted by Crippen LogP contribution is 2.29. The molecule has 1 aromatic carbocycles. The zero-order chi connectivity index (χ0) is 17.6. The number of hydrogen-bond acceptors (Lipinski definition) is 5. The van der Waals surface area contributed by atoms with Gasteiger partial charge in [0.05, 0.1) is 31.1 Å². The Morgan fingerprint density at radius 2 is 2.24 bits per heavy atom. The maximum absolute atomic E-state index is 12.4. The number of methoxy groups -OCH3 is 1. The summed E-state index contributed by atoms with van der Waals surface area (Å²) in [5.74, 6) is -1.02. The van der Waals surface area contributed by atoms with E-state index >= 15 is 0 Å². The first-order valence-electron chi connectivity index (χ1n) is 8.44. The van der Waals surface area contributed by atoms with Crippen LogP contribution in [-0.4, -0.2) is 29.2 Å². The lowest BCUT2D eigenvalue weighted by Gasteiger charge is -2.25. The fraction of sp³-hybridized carbons (Fsp3) is 0.421. The van der Waals surface area contributed by atoms with E-state index in [1.54, 1.807) is 10.9 Å². The molecule has 25 heavy (non-hydrogen) atoms. The van der Waals surface area contributed by atoms with Gasteiger partial charge in [0.2, 0.25) is 0 Å². The van der Waals surface area contributed by atoms with Crippen LogP contribution in [0.2, 0.25) is 0 Å². The van der Waals surface area contributed by atoms with Crippen molar-refractivity contribution in [2.75, 3.05) is 13.7 Å². The summed E-state index contributed by atoms with van der Waals surface area (Å²) in [5.41, 5.74) is 1.79. The van der Waals surface area contributed by atoms with Gasteiger partial charge in [-0.2, -0.15) is 5.26 Å². The molecule has 6 heteroatoms. The predicted molar refractivity (Wildman–Crippen MR) is 90.9 cm³/mol. The standard InChI is InChI=1S/C19H21N3O3/c1-24-19(23)18-17(15(12-20)11-14-7-3-2-4-8-14)21-13-22(18)16-9-5-6-10-25-16/h2-4,7-8,13,15-16H,5-6,9-11H2,1H3. The Morgan fingerprint density at radius 3 is 2.88 bits per heavy atom. The summed E-state index contributed by atoms with van der Waals surface area (Å²) in [6, 6.07) is 12.0. The molecule has 2 atom stereocenters. The van der Waals surface area contributed by atoms with Crippen molar-refractivity contribution in [3.63, 3.8) is 0 Å². The number of rotatable bonds is 5. The van der Waals surface area contributed by atoms with Gasteiger partial charge >= 0.3 is 5.97 Å². The topological polar surface area (TPSA) is 77.1 Å². The number of aromatic nitrogens is 2. The average Bonchev–Trinajstić information content (AvgIpc) is 3.12. The molecule has 3 rings (SSSR count). The molecule has 0 N–H and O–H groups in total.